The van der Waals surface area contributed by atoms with Gasteiger partial charge in [0.25, 0.3) is 0 Å². The van der Waals surface area contributed by atoms with E-state index in [0.29, 0.717) is 6.04 Å². The lowest BCUT2D eigenvalue weighted by Gasteiger charge is -2.14. The van der Waals surface area contributed by atoms with Gasteiger partial charge in [-0.2, -0.15) is 5.10 Å². The van der Waals surface area contributed by atoms with Crippen LogP contribution in [0.4, 0.5) is 0 Å². The third kappa shape index (κ3) is 6.96. The summed E-state index contributed by atoms with van der Waals surface area (Å²) in [5.41, 5.74) is 0. The molecule has 2 N–H and O–H groups in total. The Morgan fingerprint density at radius 1 is 1.32 bits per heavy atom. The lowest BCUT2D eigenvalue weighted by Crippen LogP contribution is -2.33. The predicted molar refractivity (Wildman–Crippen MR) is 76.8 cm³/mol. The van der Waals surface area contributed by atoms with E-state index in [-0.39, 0.29) is 11.8 Å². The Hall–Kier alpha value is -1.36. The second-order valence-electron chi connectivity index (χ2n) is 5.21. The van der Waals surface area contributed by atoms with Gasteiger partial charge in [-0.3, -0.25) is 9.48 Å². The Labute approximate surface area is 115 Å². The van der Waals surface area contributed by atoms with Gasteiger partial charge in [-0.05, 0) is 32.4 Å². The summed E-state index contributed by atoms with van der Waals surface area (Å²) in [6, 6.07) is 2.40. The average Bonchev–Trinajstić information content (AvgIpc) is 2.88. The van der Waals surface area contributed by atoms with Crippen molar-refractivity contribution in [3.8, 4) is 0 Å². The Kier molecular flexibility index (Phi) is 7.18. The highest BCUT2D eigenvalue weighted by Gasteiger charge is 2.05. The molecular weight excluding hydrogens is 240 g/mol. The van der Waals surface area contributed by atoms with E-state index in [1.54, 1.807) is 6.20 Å². The predicted octanol–water partition coefficient (Wildman–Crippen LogP) is 1.41. The highest BCUT2D eigenvalue weighted by molar-refractivity contribution is 5.77. The number of rotatable bonds is 9. The fourth-order valence-corrected chi connectivity index (χ4v) is 1.71. The van der Waals surface area contributed by atoms with Gasteiger partial charge in [0.1, 0.15) is 0 Å². The van der Waals surface area contributed by atoms with Crippen LogP contribution < -0.4 is 10.6 Å². The van der Waals surface area contributed by atoms with E-state index in [4.69, 9.17) is 0 Å². The first-order chi connectivity index (χ1) is 9.09. The fraction of sp³-hybridized carbons (Fsp3) is 0.714. The number of aryl methyl sites for hydroxylation is 1. The van der Waals surface area contributed by atoms with E-state index in [1.807, 2.05) is 30.8 Å². The molecule has 5 heteroatoms. The molecule has 1 amide bonds. The molecule has 0 spiro atoms. The number of nitrogens with zero attached hydrogens (tertiary/aromatic N) is 2. The standard InChI is InChI=1S/C14H26N4O/c1-12(2)14(19)16-8-4-7-15-13(3)6-11-18-10-5-9-17-18/h5,9-10,12-13,15H,4,6-8,11H2,1-3H3,(H,16,19). The van der Waals surface area contributed by atoms with Gasteiger partial charge in [-0.25, -0.2) is 0 Å². The SMILES string of the molecule is CC(CCn1cccn1)NCCCNC(=O)C(C)C. The van der Waals surface area contributed by atoms with Gasteiger partial charge in [0, 0.05) is 37.4 Å². The molecule has 0 radical (unpaired) electrons. The van der Waals surface area contributed by atoms with Crippen LogP contribution in [-0.4, -0.2) is 34.8 Å². The summed E-state index contributed by atoms with van der Waals surface area (Å²) >= 11 is 0. The largest absolute Gasteiger partial charge is 0.356 e. The monoisotopic (exact) mass is 266 g/mol. The van der Waals surface area contributed by atoms with Gasteiger partial charge in [0.15, 0.2) is 0 Å². The summed E-state index contributed by atoms with van der Waals surface area (Å²) < 4.78 is 1.95. The summed E-state index contributed by atoms with van der Waals surface area (Å²) in [6.45, 7) is 8.60. The third-order valence-electron chi connectivity index (χ3n) is 3.02. The maximum Gasteiger partial charge on any atom is 0.222 e. The Morgan fingerprint density at radius 2 is 2.11 bits per heavy atom. The van der Waals surface area contributed by atoms with Gasteiger partial charge in [0.05, 0.1) is 0 Å². The summed E-state index contributed by atoms with van der Waals surface area (Å²) in [6.07, 6.45) is 5.80. The zero-order valence-electron chi connectivity index (χ0n) is 12.2. The zero-order valence-corrected chi connectivity index (χ0v) is 12.2. The number of carbonyl (C=O) groups is 1. The van der Waals surface area contributed by atoms with Crippen LogP contribution in [0.25, 0.3) is 0 Å². The van der Waals surface area contributed by atoms with Gasteiger partial charge < -0.3 is 10.6 Å². The summed E-state index contributed by atoms with van der Waals surface area (Å²) in [5.74, 6) is 0.202. The van der Waals surface area contributed by atoms with Crippen LogP contribution in [-0.2, 0) is 11.3 Å². The molecule has 1 unspecified atom stereocenters. The topological polar surface area (TPSA) is 59.0 Å². The van der Waals surface area contributed by atoms with Crippen LogP contribution in [0, 0.1) is 5.92 Å². The van der Waals surface area contributed by atoms with Crippen LogP contribution in [0.1, 0.15) is 33.6 Å². The van der Waals surface area contributed by atoms with Crippen molar-refractivity contribution < 1.29 is 4.79 Å². The third-order valence-corrected chi connectivity index (χ3v) is 3.02. The maximum absolute atomic E-state index is 11.3. The van der Waals surface area contributed by atoms with Crippen molar-refractivity contribution in [3.05, 3.63) is 18.5 Å². The van der Waals surface area contributed by atoms with Gasteiger partial charge >= 0.3 is 0 Å². The van der Waals surface area contributed by atoms with E-state index in [1.165, 1.54) is 0 Å². The van der Waals surface area contributed by atoms with Crippen molar-refractivity contribution >= 4 is 5.91 Å². The first-order valence-electron chi connectivity index (χ1n) is 7.08. The van der Waals surface area contributed by atoms with Crippen LogP contribution in [0.2, 0.25) is 0 Å². The molecule has 1 heterocycles. The number of carbonyl (C=O) groups excluding carboxylic acids is 1. The Bertz CT molecular complexity index is 348. The Morgan fingerprint density at radius 3 is 2.74 bits per heavy atom. The normalized spacial score (nSPS) is 12.6. The maximum atomic E-state index is 11.3. The van der Waals surface area contributed by atoms with E-state index in [2.05, 4.69) is 22.7 Å². The van der Waals surface area contributed by atoms with Crippen molar-refractivity contribution in [2.24, 2.45) is 5.92 Å². The van der Waals surface area contributed by atoms with Crippen LogP contribution >= 0.6 is 0 Å². The minimum atomic E-state index is 0.0703. The van der Waals surface area contributed by atoms with Crippen LogP contribution in [0.15, 0.2) is 18.5 Å². The average molecular weight is 266 g/mol. The molecule has 0 fully saturated rings. The number of amides is 1. The molecule has 0 aromatic carbocycles. The highest BCUT2D eigenvalue weighted by atomic mass is 16.1. The molecule has 0 saturated carbocycles. The molecule has 19 heavy (non-hydrogen) atoms. The minimum absolute atomic E-state index is 0.0703. The molecule has 0 aliphatic rings. The molecule has 0 aliphatic heterocycles. The van der Waals surface area contributed by atoms with Gasteiger partial charge in [0.2, 0.25) is 5.91 Å². The van der Waals surface area contributed by atoms with Crippen molar-refractivity contribution in [2.75, 3.05) is 13.1 Å². The summed E-state index contributed by atoms with van der Waals surface area (Å²) in [7, 11) is 0. The van der Waals surface area contributed by atoms with E-state index < -0.39 is 0 Å². The molecular formula is C14H26N4O. The quantitative estimate of drug-likeness (QED) is 0.665. The smallest absolute Gasteiger partial charge is 0.222 e. The highest BCUT2D eigenvalue weighted by Crippen LogP contribution is 1.95. The van der Waals surface area contributed by atoms with Gasteiger partial charge in [-0.1, -0.05) is 13.8 Å². The van der Waals surface area contributed by atoms with Crippen LogP contribution in [0.3, 0.4) is 0 Å². The molecule has 108 valence electrons. The lowest BCUT2D eigenvalue weighted by molar-refractivity contribution is -0.123. The molecule has 5 nitrogen and oxygen atoms in total. The van der Waals surface area contributed by atoms with Crippen molar-refractivity contribution in [1.29, 1.82) is 0 Å². The summed E-state index contributed by atoms with van der Waals surface area (Å²) in [5, 5.41) is 10.5. The lowest BCUT2D eigenvalue weighted by atomic mass is 10.2. The first-order valence-corrected chi connectivity index (χ1v) is 7.08. The van der Waals surface area contributed by atoms with Crippen molar-refractivity contribution in [1.82, 2.24) is 20.4 Å². The Balaban J connectivity index is 1.98. The molecule has 0 bridgehead atoms. The first kappa shape index (κ1) is 15.7. The van der Waals surface area contributed by atoms with E-state index in [9.17, 15) is 4.79 Å². The van der Waals surface area contributed by atoms with Crippen molar-refractivity contribution in [2.45, 2.75) is 46.2 Å². The second kappa shape index (κ2) is 8.69. The van der Waals surface area contributed by atoms with Crippen molar-refractivity contribution in [3.63, 3.8) is 0 Å². The second-order valence-corrected chi connectivity index (χ2v) is 5.21. The molecule has 1 aromatic heterocycles. The number of hydrogen-bond donors (Lipinski definition) is 2. The zero-order chi connectivity index (χ0) is 14.1. The number of hydrogen-bond acceptors (Lipinski definition) is 3. The molecule has 1 atom stereocenters. The van der Waals surface area contributed by atoms with Crippen LogP contribution in [0.5, 0.6) is 0 Å². The minimum Gasteiger partial charge on any atom is -0.356 e. The summed E-state index contributed by atoms with van der Waals surface area (Å²) in [4.78, 5) is 11.3. The molecule has 1 rings (SSSR count). The number of aromatic nitrogens is 2. The molecule has 0 saturated heterocycles. The fourth-order valence-electron chi connectivity index (χ4n) is 1.71. The molecule has 1 aromatic rings. The number of nitrogens with one attached hydrogen (secondary N) is 2. The van der Waals surface area contributed by atoms with Gasteiger partial charge in [-0.15, -0.1) is 0 Å². The van der Waals surface area contributed by atoms with E-state index >= 15 is 0 Å². The molecule has 0 aliphatic carbocycles. The van der Waals surface area contributed by atoms with E-state index in [0.717, 1.165) is 32.5 Å².